The van der Waals surface area contributed by atoms with E-state index in [-0.39, 0.29) is 24.2 Å². The van der Waals surface area contributed by atoms with Crippen molar-refractivity contribution < 1.29 is 23.8 Å². The fourth-order valence-electron chi connectivity index (χ4n) is 1.63. The van der Waals surface area contributed by atoms with Crippen molar-refractivity contribution in [1.29, 1.82) is 0 Å². The summed E-state index contributed by atoms with van der Waals surface area (Å²) in [6.45, 7) is 8.85. The van der Waals surface area contributed by atoms with Crippen LogP contribution in [0.1, 0.15) is 31.1 Å². The van der Waals surface area contributed by atoms with E-state index in [1.807, 2.05) is 6.92 Å². The molecule has 0 saturated carbocycles. The van der Waals surface area contributed by atoms with E-state index in [2.05, 4.69) is 6.58 Å². The molecule has 0 aromatic carbocycles. The highest BCUT2D eigenvalue weighted by Crippen LogP contribution is 1.98. The third kappa shape index (κ3) is 6.22. The molecule has 0 radical (unpaired) electrons. The maximum Gasteiger partial charge on any atom is 0.350 e. The van der Waals surface area contributed by atoms with Gasteiger partial charge in [0.15, 0.2) is 0 Å². The van der Waals surface area contributed by atoms with Crippen LogP contribution in [0.2, 0.25) is 0 Å². The Morgan fingerprint density at radius 3 is 2.74 bits per heavy atom. The molecule has 0 aliphatic carbocycles. The van der Waals surface area contributed by atoms with E-state index in [0.717, 1.165) is 0 Å². The van der Waals surface area contributed by atoms with E-state index in [0.29, 0.717) is 5.22 Å². The predicted molar refractivity (Wildman–Crippen MR) is 86.4 cm³/mol. The monoisotopic (exact) mass is 322 g/mol. The Morgan fingerprint density at radius 2 is 2.13 bits per heavy atom. The van der Waals surface area contributed by atoms with Crippen LogP contribution >= 0.6 is 0 Å². The predicted octanol–water partition coefficient (Wildman–Crippen LogP) is 0.349. The number of carbonyl (C=O) groups excluding carboxylic acids is 1. The molecule has 0 aliphatic heterocycles. The van der Waals surface area contributed by atoms with Crippen LogP contribution in [0, 0.1) is 0 Å². The van der Waals surface area contributed by atoms with Gasteiger partial charge in [0.2, 0.25) is 0 Å². The lowest BCUT2D eigenvalue weighted by Crippen LogP contribution is -2.32. The molecule has 2 unspecified atom stereocenters. The number of allylic oxidation sites excluding steroid dienone is 2. The van der Waals surface area contributed by atoms with E-state index in [1.54, 1.807) is 32.1 Å². The number of carbonyl (C=O) groups is 1. The lowest BCUT2D eigenvalue weighted by atomic mass is 10.2. The first kappa shape index (κ1) is 18.9. The van der Waals surface area contributed by atoms with Crippen molar-refractivity contribution in [2.75, 3.05) is 13.2 Å². The highest BCUT2D eigenvalue weighted by molar-refractivity contribution is 5.88. The van der Waals surface area contributed by atoms with Crippen molar-refractivity contribution in [3.05, 3.63) is 44.8 Å². The standard InChI is InChI=1S/C17H22O6/c1-5-6-7-14-8-15(17(20)23-13(14)4)16(19)22-10-12(3)21-9-11(2)18/h5-8,11-12,18H,4,9-10H2,1-3H3/b6-5-,14-7-. The fraction of sp³-hybridized carbons (Fsp3) is 0.412. The molecule has 0 amide bonds. The van der Waals surface area contributed by atoms with Gasteiger partial charge in [0.25, 0.3) is 0 Å². The summed E-state index contributed by atoms with van der Waals surface area (Å²) in [4.78, 5) is 23.8. The van der Waals surface area contributed by atoms with E-state index >= 15 is 0 Å². The van der Waals surface area contributed by atoms with E-state index in [4.69, 9.17) is 19.0 Å². The first-order valence-electron chi connectivity index (χ1n) is 7.28. The van der Waals surface area contributed by atoms with Gasteiger partial charge in [0.1, 0.15) is 17.6 Å². The number of rotatable bonds is 7. The van der Waals surface area contributed by atoms with E-state index in [1.165, 1.54) is 6.07 Å². The Morgan fingerprint density at radius 1 is 1.43 bits per heavy atom. The largest absolute Gasteiger partial charge is 0.459 e. The SMILES string of the molecule is C=c1oc(=O)c(C(=O)OCC(C)OCC(C)O)c/c1=C/C=C\C. The van der Waals surface area contributed by atoms with Gasteiger partial charge in [0, 0.05) is 5.22 Å². The molecule has 126 valence electrons. The summed E-state index contributed by atoms with van der Waals surface area (Å²) in [5.41, 5.74) is -0.815. The molecule has 0 saturated heterocycles. The Kier molecular flexibility index (Phi) is 7.44. The molecule has 6 heteroatoms. The average Bonchev–Trinajstić information content (AvgIpc) is 2.49. The van der Waals surface area contributed by atoms with Gasteiger partial charge in [-0.25, -0.2) is 9.59 Å². The molecule has 0 bridgehead atoms. The minimum absolute atomic E-state index is 0.0367. The van der Waals surface area contributed by atoms with Gasteiger partial charge in [-0.3, -0.25) is 0 Å². The second-order valence-corrected chi connectivity index (χ2v) is 5.11. The van der Waals surface area contributed by atoms with Crippen molar-refractivity contribution >= 4 is 18.6 Å². The molecule has 1 N–H and O–H groups in total. The summed E-state index contributed by atoms with van der Waals surface area (Å²) in [5.74, 6) is -0.790. The lowest BCUT2D eigenvalue weighted by molar-refractivity contribution is -0.0279. The second kappa shape index (κ2) is 9.07. The van der Waals surface area contributed by atoms with Gasteiger partial charge >= 0.3 is 11.6 Å². The van der Waals surface area contributed by atoms with Gasteiger partial charge < -0.3 is 19.0 Å². The van der Waals surface area contributed by atoms with Crippen LogP contribution in [0.4, 0.5) is 0 Å². The molecule has 0 fully saturated rings. The summed E-state index contributed by atoms with van der Waals surface area (Å²) < 4.78 is 15.3. The van der Waals surface area contributed by atoms with Gasteiger partial charge in [0.05, 0.1) is 18.8 Å². The van der Waals surface area contributed by atoms with Crippen LogP contribution in [0.3, 0.4) is 0 Å². The molecule has 23 heavy (non-hydrogen) atoms. The van der Waals surface area contributed by atoms with Gasteiger partial charge in [-0.2, -0.15) is 0 Å². The molecule has 1 rings (SSSR count). The van der Waals surface area contributed by atoms with E-state index < -0.39 is 23.8 Å². The van der Waals surface area contributed by atoms with E-state index in [9.17, 15) is 9.59 Å². The van der Waals surface area contributed by atoms with Crippen molar-refractivity contribution in [3.8, 4) is 0 Å². The Bertz CT molecular complexity index is 714. The quantitative estimate of drug-likeness (QED) is 0.729. The average molecular weight is 322 g/mol. The number of hydrogen-bond acceptors (Lipinski definition) is 6. The summed E-state index contributed by atoms with van der Waals surface area (Å²) in [6, 6.07) is 1.39. The Balaban J connectivity index is 2.84. The minimum Gasteiger partial charge on any atom is -0.459 e. The van der Waals surface area contributed by atoms with Crippen LogP contribution in [-0.4, -0.2) is 36.5 Å². The van der Waals surface area contributed by atoms with Crippen molar-refractivity contribution in [3.63, 3.8) is 0 Å². The summed E-state index contributed by atoms with van der Waals surface area (Å²) in [5, 5.41) is 9.64. The molecular formula is C17H22O6. The number of esters is 1. The highest BCUT2D eigenvalue weighted by Gasteiger charge is 2.15. The fourth-order valence-corrected chi connectivity index (χ4v) is 1.63. The zero-order valence-corrected chi connectivity index (χ0v) is 13.6. The smallest absolute Gasteiger partial charge is 0.350 e. The third-order valence-electron chi connectivity index (χ3n) is 2.82. The third-order valence-corrected chi connectivity index (χ3v) is 2.82. The zero-order chi connectivity index (χ0) is 17.4. The first-order chi connectivity index (χ1) is 10.8. The Labute approximate surface area is 134 Å². The molecule has 1 heterocycles. The molecule has 6 nitrogen and oxygen atoms in total. The molecule has 0 spiro atoms. The summed E-state index contributed by atoms with van der Waals surface area (Å²) >= 11 is 0. The normalized spacial score (nSPS) is 14.9. The number of aliphatic hydroxyl groups is 1. The Hall–Kier alpha value is -2.18. The molecule has 0 aliphatic rings. The number of aliphatic hydroxyl groups excluding tert-OH is 1. The van der Waals surface area contributed by atoms with Crippen LogP contribution in [-0.2, 0) is 9.47 Å². The van der Waals surface area contributed by atoms with Crippen LogP contribution < -0.4 is 16.3 Å². The maximum atomic E-state index is 12.0. The first-order valence-corrected chi connectivity index (χ1v) is 7.28. The minimum atomic E-state index is -0.796. The van der Waals surface area contributed by atoms with Crippen LogP contribution in [0.25, 0.3) is 12.7 Å². The second-order valence-electron chi connectivity index (χ2n) is 5.11. The number of ether oxygens (including phenoxy) is 2. The summed E-state index contributed by atoms with van der Waals surface area (Å²) in [6.07, 6.45) is 4.21. The number of hydrogen-bond donors (Lipinski definition) is 1. The van der Waals surface area contributed by atoms with Gasteiger partial charge in [-0.05, 0) is 26.8 Å². The van der Waals surface area contributed by atoms with Crippen LogP contribution in [0.15, 0.2) is 27.4 Å². The lowest BCUT2D eigenvalue weighted by Gasteiger charge is -2.14. The van der Waals surface area contributed by atoms with Crippen molar-refractivity contribution in [1.82, 2.24) is 0 Å². The maximum absolute atomic E-state index is 12.0. The molecule has 2 atom stereocenters. The van der Waals surface area contributed by atoms with Crippen LogP contribution in [0.5, 0.6) is 0 Å². The topological polar surface area (TPSA) is 86.0 Å². The highest BCUT2D eigenvalue weighted by atomic mass is 16.6. The zero-order valence-electron chi connectivity index (χ0n) is 13.6. The van der Waals surface area contributed by atoms with Gasteiger partial charge in [-0.15, -0.1) is 0 Å². The van der Waals surface area contributed by atoms with Crippen molar-refractivity contribution in [2.45, 2.75) is 33.0 Å². The molecule has 1 aromatic rings. The molecular weight excluding hydrogens is 300 g/mol. The van der Waals surface area contributed by atoms with Gasteiger partial charge in [-0.1, -0.05) is 24.8 Å². The van der Waals surface area contributed by atoms with Crippen molar-refractivity contribution in [2.24, 2.45) is 0 Å². The summed E-state index contributed by atoms with van der Waals surface area (Å²) in [7, 11) is 0. The molecule has 1 aromatic heterocycles.